The van der Waals surface area contributed by atoms with Gasteiger partial charge in [-0.1, -0.05) is 61.6 Å². The van der Waals surface area contributed by atoms with E-state index in [-0.39, 0.29) is 102 Å². The lowest BCUT2D eigenvalue weighted by molar-refractivity contribution is -0.159. The molecule has 79 heavy (non-hydrogen) atoms. The third-order valence-electron chi connectivity index (χ3n) is 13.3. The van der Waals surface area contributed by atoms with E-state index in [2.05, 4.69) is 67.4 Å². The highest BCUT2D eigenvalue weighted by atomic mass is 28.4. The number of amides is 5. The molecule has 5 N–H and O–H groups in total. The Labute approximate surface area is 467 Å². The van der Waals surface area contributed by atoms with Crippen molar-refractivity contribution >= 4 is 51.2 Å². The molecule has 0 radical (unpaired) electrons. The Morgan fingerprint density at radius 2 is 0.924 bits per heavy atom. The normalized spacial score (nSPS) is 22.3. The first-order chi connectivity index (χ1) is 37.0. The van der Waals surface area contributed by atoms with Crippen LogP contribution in [0.3, 0.4) is 0 Å². The molecule has 0 aromatic rings. The first-order valence-corrected chi connectivity index (χ1v) is 28.7. The van der Waals surface area contributed by atoms with Crippen LogP contribution in [0.2, 0.25) is 0 Å². The number of carbonyl (C=O) groups excluding carboxylic acids is 7. The largest absolute Gasteiger partial charge is 0.520 e. The lowest BCUT2D eigenvalue weighted by Crippen LogP contribution is -2.53. The highest BCUT2D eigenvalue weighted by Crippen LogP contribution is 2.47. The molecular weight excluding hydrogens is 1050 g/mol. The summed E-state index contributed by atoms with van der Waals surface area (Å²) in [5.41, 5.74) is -2.31. The lowest BCUT2D eigenvalue weighted by Gasteiger charge is -2.46. The topological polar surface area (TPSA) is 300 Å². The van der Waals surface area contributed by atoms with Crippen molar-refractivity contribution in [2.75, 3.05) is 100 Å². The number of hydrogen-bond acceptors (Lipinski definition) is 20. The van der Waals surface area contributed by atoms with Crippen molar-refractivity contribution in [3.63, 3.8) is 0 Å². The van der Waals surface area contributed by atoms with Crippen LogP contribution >= 0.6 is 0 Å². The zero-order valence-corrected chi connectivity index (χ0v) is 50.1. The second kappa shape index (κ2) is 33.5. The fourth-order valence-corrected chi connectivity index (χ4v) is 11.7. The molecule has 2 aliphatic rings. The molecule has 2 aliphatic carbocycles. The van der Waals surface area contributed by atoms with Gasteiger partial charge in [0.1, 0.15) is 50.3 Å². The van der Waals surface area contributed by atoms with Crippen LogP contribution in [0.25, 0.3) is 0 Å². The average Bonchev–Trinajstić information content (AvgIpc) is 3.37. The average molecular weight is 1150 g/mol. The first kappa shape index (κ1) is 69.9. The van der Waals surface area contributed by atoms with E-state index in [0.717, 1.165) is 25.0 Å². The maximum atomic E-state index is 13.3. The second-order valence-electron chi connectivity index (χ2n) is 22.7. The van der Waals surface area contributed by atoms with Gasteiger partial charge in [0.05, 0.1) is 39.2 Å². The van der Waals surface area contributed by atoms with E-state index in [1.807, 2.05) is 20.8 Å². The smallest absolute Gasteiger partial charge is 0.459 e. The zero-order valence-electron chi connectivity index (χ0n) is 49.1. The van der Waals surface area contributed by atoms with E-state index in [1.54, 1.807) is 20.8 Å². The maximum Gasteiger partial charge on any atom is 0.520 e. The van der Waals surface area contributed by atoms with Gasteiger partial charge in [-0.05, 0) is 87.4 Å². The number of alkyl carbamates (subject to hydrolysis) is 5. The molecule has 2 saturated carbocycles. The second-order valence-corrected chi connectivity index (χ2v) is 25.6. The Kier molecular flexibility index (Phi) is 29.6. The molecule has 0 aliphatic heterocycles. The summed E-state index contributed by atoms with van der Waals surface area (Å²) >= 11 is 0. The highest BCUT2D eigenvalue weighted by Gasteiger charge is 2.44. The fourth-order valence-electron chi connectivity index (χ4n) is 10.4. The number of nitrogens with one attached hydrogen (secondary N) is 5. The summed E-state index contributed by atoms with van der Waals surface area (Å²) in [6, 6.07) is -0.493. The molecule has 8 unspecified atom stereocenters. The summed E-state index contributed by atoms with van der Waals surface area (Å²) in [6.07, 6.45) is 0.893. The third kappa shape index (κ3) is 27.7. The molecule has 5 amide bonds. The van der Waals surface area contributed by atoms with E-state index >= 15 is 0 Å². The first-order valence-electron chi connectivity index (χ1n) is 26.7. The number of rotatable bonds is 34. The minimum absolute atomic E-state index is 0.0204. The molecule has 454 valence electrons. The highest BCUT2D eigenvalue weighted by molar-refractivity contribution is 6.61. The predicted molar refractivity (Wildman–Crippen MR) is 290 cm³/mol. The number of ether oxygens (including phenoxy) is 10. The lowest BCUT2D eigenvalue weighted by atomic mass is 9.62. The Balaban J connectivity index is 2.05. The van der Waals surface area contributed by atoms with Gasteiger partial charge >= 0.3 is 51.2 Å². The van der Waals surface area contributed by atoms with Crippen LogP contribution < -0.4 is 26.6 Å². The van der Waals surface area contributed by atoms with Crippen LogP contribution in [0.4, 0.5) is 24.0 Å². The molecule has 0 aromatic heterocycles. The summed E-state index contributed by atoms with van der Waals surface area (Å²) in [6.45, 7) is 25.9. The Bertz CT molecular complexity index is 1970. The molecule has 8 atom stereocenters. The minimum atomic E-state index is -3.11. The summed E-state index contributed by atoms with van der Waals surface area (Å²) < 4.78 is 71.8. The molecule has 0 heterocycles. The van der Waals surface area contributed by atoms with Gasteiger partial charge in [0.25, 0.3) is 0 Å². The standard InChI is InChI=1S/C53H93N5O20Si/c1-16-42(59)71-19-21-73-47(64)57-40-23-49(7,8)30-51(11,25-40)32-54-44(61)76-37(4)27-69-34-53(18-3,35-70-28-38(5)77-46(63)56-36-79(66-13,67-14)68-15)75-29-39(6)78-45(62)55-33-52(12)26-41(24-50(9,10)31-52)58-48(65)74-22-20-72-43(60)17-2/h16-17,37-41H,1-2,18-36H2,3-15H3,(H,54,61)(H,55,62)(H,56,63)(H,57,64)(H,58,65). The molecule has 2 rings (SSSR count). The van der Waals surface area contributed by atoms with Gasteiger partial charge in [-0.3, -0.25) is 0 Å². The molecule has 2 fully saturated rings. The van der Waals surface area contributed by atoms with Crippen LogP contribution in [0, 0.1) is 21.7 Å². The molecule has 25 nitrogen and oxygen atoms in total. The molecule has 26 heteroatoms. The molecule has 0 bridgehead atoms. The monoisotopic (exact) mass is 1150 g/mol. The van der Waals surface area contributed by atoms with Crippen molar-refractivity contribution < 1.29 is 94.2 Å². The van der Waals surface area contributed by atoms with Gasteiger partial charge in [-0.2, -0.15) is 0 Å². The van der Waals surface area contributed by atoms with E-state index in [0.29, 0.717) is 32.1 Å². The van der Waals surface area contributed by atoms with Crippen LogP contribution in [-0.4, -0.2) is 187 Å². The van der Waals surface area contributed by atoms with Crippen molar-refractivity contribution in [3.8, 4) is 0 Å². The number of hydrogen-bond donors (Lipinski definition) is 5. The van der Waals surface area contributed by atoms with Crippen molar-refractivity contribution in [2.24, 2.45) is 21.7 Å². The predicted octanol–water partition coefficient (Wildman–Crippen LogP) is 6.03. The van der Waals surface area contributed by atoms with Crippen LogP contribution in [0.15, 0.2) is 25.3 Å². The van der Waals surface area contributed by atoms with Gasteiger partial charge in [-0.25, -0.2) is 33.6 Å². The van der Waals surface area contributed by atoms with Gasteiger partial charge in [0.15, 0.2) is 0 Å². The molecule has 0 spiro atoms. The van der Waals surface area contributed by atoms with E-state index in [1.165, 1.54) is 21.3 Å². The van der Waals surface area contributed by atoms with Crippen molar-refractivity contribution in [1.29, 1.82) is 0 Å². The van der Waals surface area contributed by atoms with Gasteiger partial charge < -0.3 is 87.2 Å². The SMILES string of the molecule is C=CC(=O)OCCOC(=O)NC1CC(C)(C)CC(C)(CNC(=O)OC(C)COCC(CC)(COCC(C)OC(=O)NC[Si](OC)(OC)OC)OCC(C)OC(=O)NCC2(C)CC(NC(=O)OCCOC(=O)C=C)CC(C)(C)C2)C1. The molecular formula is C53H93N5O20Si. The van der Waals surface area contributed by atoms with Gasteiger partial charge in [-0.15, -0.1) is 0 Å². The number of carbonyl (C=O) groups is 7. The quantitative estimate of drug-likeness (QED) is 0.0162. The number of esters is 2. The van der Waals surface area contributed by atoms with Crippen LogP contribution in [0.5, 0.6) is 0 Å². The fraction of sp³-hybridized carbons (Fsp3) is 0.792. The Morgan fingerprint density at radius 1 is 0.557 bits per heavy atom. The van der Waals surface area contributed by atoms with Crippen molar-refractivity contribution in [3.05, 3.63) is 25.3 Å². The third-order valence-corrected chi connectivity index (χ3v) is 15.8. The summed E-state index contributed by atoms with van der Waals surface area (Å²) in [4.78, 5) is 86.8. The molecule has 0 saturated heterocycles. The minimum Gasteiger partial charge on any atom is -0.459 e. The van der Waals surface area contributed by atoms with Gasteiger partial charge in [0, 0.05) is 58.7 Å². The van der Waals surface area contributed by atoms with Crippen LogP contribution in [0.1, 0.15) is 114 Å². The van der Waals surface area contributed by atoms with E-state index < -0.39 is 86.0 Å². The van der Waals surface area contributed by atoms with E-state index in [4.69, 9.17) is 60.6 Å². The van der Waals surface area contributed by atoms with E-state index in [9.17, 15) is 33.6 Å². The summed E-state index contributed by atoms with van der Waals surface area (Å²) in [5, 5.41) is 14.2. The van der Waals surface area contributed by atoms with Gasteiger partial charge in [0.2, 0.25) is 0 Å². The van der Waals surface area contributed by atoms with Crippen molar-refractivity contribution in [2.45, 2.75) is 150 Å². The maximum absolute atomic E-state index is 13.3. The summed E-state index contributed by atoms with van der Waals surface area (Å²) in [7, 11) is 1.16. The van der Waals surface area contributed by atoms with Crippen LogP contribution in [-0.2, 0) is 70.2 Å². The molecule has 0 aromatic carbocycles. The summed E-state index contributed by atoms with van der Waals surface area (Å²) in [5.74, 6) is -1.23. The Morgan fingerprint density at radius 3 is 1.29 bits per heavy atom. The van der Waals surface area contributed by atoms with Crippen molar-refractivity contribution in [1.82, 2.24) is 26.6 Å². The Hall–Kier alpha value is -5.25. The zero-order chi connectivity index (χ0) is 59.5.